The first-order chi connectivity index (χ1) is 9.90. The van der Waals surface area contributed by atoms with Gasteiger partial charge in [-0.2, -0.15) is 0 Å². The molecule has 2 N–H and O–H groups in total. The number of hydrogen-bond donors (Lipinski definition) is 2. The minimum Gasteiger partial charge on any atom is -0.373 e. The smallest absolute Gasteiger partial charge is 0.160 e. The van der Waals surface area contributed by atoms with Gasteiger partial charge in [0, 0.05) is 24.7 Å². The van der Waals surface area contributed by atoms with Crippen molar-refractivity contribution in [2.75, 3.05) is 17.7 Å². The highest BCUT2D eigenvalue weighted by Crippen LogP contribution is 2.29. The summed E-state index contributed by atoms with van der Waals surface area (Å²) in [5, 5.41) is 5.94. The second-order valence-electron chi connectivity index (χ2n) is 4.78. The van der Waals surface area contributed by atoms with Crippen LogP contribution in [0.15, 0.2) is 18.2 Å². The molecule has 0 unspecified atom stereocenters. The van der Waals surface area contributed by atoms with E-state index >= 15 is 0 Å². The van der Waals surface area contributed by atoms with Gasteiger partial charge in [-0.3, -0.25) is 0 Å². The van der Waals surface area contributed by atoms with Crippen molar-refractivity contribution >= 4 is 40.5 Å². The van der Waals surface area contributed by atoms with Crippen molar-refractivity contribution in [1.82, 2.24) is 9.97 Å². The Morgan fingerprint density at radius 2 is 1.62 bits per heavy atom. The van der Waals surface area contributed by atoms with Gasteiger partial charge < -0.3 is 10.6 Å². The first-order valence-electron chi connectivity index (χ1n) is 6.39. The van der Waals surface area contributed by atoms with E-state index < -0.39 is 5.82 Å². The summed E-state index contributed by atoms with van der Waals surface area (Å²) >= 11 is 11.6. The van der Waals surface area contributed by atoms with Gasteiger partial charge in [-0.1, -0.05) is 37.0 Å². The molecule has 1 heterocycles. The number of hydrogen-bond acceptors (Lipinski definition) is 4. The molecule has 0 fully saturated rings. The van der Waals surface area contributed by atoms with Crippen LogP contribution in [0.4, 0.5) is 21.7 Å². The van der Waals surface area contributed by atoms with E-state index in [9.17, 15) is 4.39 Å². The summed E-state index contributed by atoms with van der Waals surface area (Å²) in [6.07, 6.45) is 0. The lowest BCUT2D eigenvalue weighted by atomic mass is 10.2. The van der Waals surface area contributed by atoms with Gasteiger partial charge in [0.25, 0.3) is 0 Å². The van der Waals surface area contributed by atoms with Gasteiger partial charge in [0.05, 0.1) is 10.0 Å². The third-order valence-electron chi connectivity index (χ3n) is 2.77. The Morgan fingerprint density at radius 1 is 1.05 bits per heavy atom. The van der Waals surface area contributed by atoms with E-state index in [2.05, 4.69) is 20.6 Å². The molecule has 0 spiro atoms. The van der Waals surface area contributed by atoms with Gasteiger partial charge in [0.15, 0.2) is 5.82 Å². The first-order valence-corrected chi connectivity index (χ1v) is 7.14. The van der Waals surface area contributed by atoms with Gasteiger partial charge in [-0.15, -0.1) is 0 Å². The molecule has 0 saturated heterocycles. The highest BCUT2D eigenvalue weighted by Gasteiger charge is 2.10. The summed E-state index contributed by atoms with van der Waals surface area (Å²) in [6.45, 7) is 4.01. The van der Waals surface area contributed by atoms with Crippen molar-refractivity contribution in [1.29, 1.82) is 0 Å². The summed E-state index contributed by atoms with van der Waals surface area (Å²) in [5.74, 6) is 1.51. The molecule has 1 aromatic carbocycles. The van der Waals surface area contributed by atoms with E-state index in [0.29, 0.717) is 23.1 Å². The van der Waals surface area contributed by atoms with E-state index in [4.69, 9.17) is 23.2 Å². The number of halogens is 3. The number of aromatic nitrogens is 2. The molecule has 0 bridgehead atoms. The molecule has 112 valence electrons. The van der Waals surface area contributed by atoms with Crippen LogP contribution in [-0.4, -0.2) is 17.0 Å². The topological polar surface area (TPSA) is 49.8 Å². The third kappa shape index (κ3) is 3.74. The van der Waals surface area contributed by atoms with Crippen LogP contribution in [0.1, 0.15) is 25.6 Å². The maximum Gasteiger partial charge on any atom is 0.160 e. The van der Waals surface area contributed by atoms with Crippen molar-refractivity contribution in [3.63, 3.8) is 0 Å². The quantitative estimate of drug-likeness (QED) is 0.789. The minimum absolute atomic E-state index is 0.0445. The molecule has 4 nitrogen and oxygen atoms in total. The van der Waals surface area contributed by atoms with Gasteiger partial charge in [-0.05, 0) is 12.1 Å². The molecule has 0 saturated carbocycles. The lowest BCUT2D eigenvalue weighted by Gasteiger charge is -2.12. The van der Waals surface area contributed by atoms with Crippen LogP contribution in [0.2, 0.25) is 10.0 Å². The van der Waals surface area contributed by atoms with Crippen molar-refractivity contribution in [2.45, 2.75) is 19.8 Å². The van der Waals surface area contributed by atoms with Crippen molar-refractivity contribution < 1.29 is 4.39 Å². The largest absolute Gasteiger partial charge is 0.373 e. The molecule has 0 aliphatic carbocycles. The fraction of sp³-hybridized carbons (Fsp3) is 0.286. The Balaban J connectivity index is 2.37. The van der Waals surface area contributed by atoms with Crippen LogP contribution in [-0.2, 0) is 0 Å². The summed E-state index contributed by atoms with van der Waals surface area (Å²) in [5.41, 5.74) is 0.557. The average Bonchev–Trinajstić information content (AvgIpc) is 2.44. The van der Waals surface area contributed by atoms with E-state index in [0.717, 1.165) is 0 Å². The van der Waals surface area contributed by atoms with E-state index in [1.807, 2.05) is 13.8 Å². The number of nitrogens with zero attached hydrogens (tertiary/aromatic N) is 2. The van der Waals surface area contributed by atoms with E-state index in [1.54, 1.807) is 13.1 Å². The standard InChI is InChI=1S/C14H15Cl2FN4/c1-7(2)14-20-11(18-3)6-12(21-14)19-8-4-9(15)13(17)10(16)5-8/h4-7H,1-3H3,(H2,18,19,20,21). The Morgan fingerprint density at radius 3 is 2.14 bits per heavy atom. The Kier molecular flexibility index (Phi) is 4.85. The van der Waals surface area contributed by atoms with Gasteiger partial charge >= 0.3 is 0 Å². The normalized spacial score (nSPS) is 10.8. The van der Waals surface area contributed by atoms with Gasteiger partial charge in [0.1, 0.15) is 17.5 Å². The maximum absolute atomic E-state index is 13.4. The van der Waals surface area contributed by atoms with Crippen LogP contribution < -0.4 is 10.6 Å². The summed E-state index contributed by atoms with van der Waals surface area (Å²) < 4.78 is 13.4. The molecular weight excluding hydrogens is 314 g/mol. The molecule has 0 aliphatic rings. The molecule has 21 heavy (non-hydrogen) atoms. The Hall–Kier alpha value is -1.59. The summed E-state index contributed by atoms with van der Waals surface area (Å²) in [6, 6.07) is 4.66. The van der Waals surface area contributed by atoms with E-state index in [-0.39, 0.29) is 16.0 Å². The van der Waals surface area contributed by atoms with Crippen molar-refractivity contribution in [3.8, 4) is 0 Å². The lowest BCUT2D eigenvalue weighted by Crippen LogP contribution is -2.05. The highest BCUT2D eigenvalue weighted by molar-refractivity contribution is 6.35. The second-order valence-corrected chi connectivity index (χ2v) is 5.59. The minimum atomic E-state index is -0.634. The fourth-order valence-electron chi connectivity index (χ4n) is 1.69. The number of anilines is 3. The van der Waals surface area contributed by atoms with Crippen LogP contribution in [0.5, 0.6) is 0 Å². The predicted octanol–water partition coefficient (Wildman–Crippen LogP) is 4.83. The molecule has 0 atom stereocenters. The zero-order valence-electron chi connectivity index (χ0n) is 11.8. The number of benzene rings is 1. The second kappa shape index (κ2) is 6.45. The van der Waals surface area contributed by atoms with Crippen molar-refractivity contribution in [3.05, 3.63) is 39.9 Å². The SMILES string of the molecule is CNc1cc(Nc2cc(Cl)c(F)c(Cl)c2)nc(C(C)C)n1. The summed E-state index contributed by atoms with van der Waals surface area (Å²) in [7, 11) is 1.78. The molecule has 2 rings (SSSR count). The zero-order chi connectivity index (χ0) is 15.6. The zero-order valence-corrected chi connectivity index (χ0v) is 13.3. The van der Waals surface area contributed by atoms with E-state index in [1.165, 1.54) is 12.1 Å². The predicted molar refractivity (Wildman–Crippen MR) is 85.4 cm³/mol. The Labute approximate surface area is 132 Å². The highest BCUT2D eigenvalue weighted by atomic mass is 35.5. The molecule has 2 aromatic rings. The van der Waals surface area contributed by atoms with Crippen LogP contribution >= 0.6 is 23.2 Å². The molecule has 1 aromatic heterocycles. The number of rotatable bonds is 4. The molecule has 0 aliphatic heterocycles. The monoisotopic (exact) mass is 328 g/mol. The molecule has 7 heteroatoms. The van der Waals surface area contributed by atoms with Crippen molar-refractivity contribution in [2.24, 2.45) is 0 Å². The molecular formula is C14H15Cl2FN4. The Bertz CT molecular complexity index is 638. The molecule has 0 amide bonds. The fourth-order valence-corrected chi connectivity index (χ4v) is 2.18. The van der Waals surface area contributed by atoms with Crippen LogP contribution in [0.3, 0.4) is 0 Å². The maximum atomic E-state index is 13.4. The number of nitrogens with one attached hydrogen (secondary N) is 2. The van der Waals surface area contributed by atoms with Gasteiger partial charge in [-0.25, -0.2) is 14.4 Å². The third-order valence-corrected chi connectivity index (χ3v) is 3.32. The first kappa shape index (κ1) is 15.8. The van der Waals surface area contributed by atoms with Gasteiger partial charge in [0.2, 0.25) is 0 Å². The average molecular weight is 329 g/mol. The summed E-state index contributed by atoms with van der Waals surface area (Å²) in [4.78, 5) is 8.78. The van der Waals surface area contributed by atoms with Crippen LogP contribution in [0.25, 0.3) is 0 Å². The lowest BCUT2D eigenvalue weighted by molar-refractivity contribution is 0.629. The van der Waals surface area contributed by atoms with Crippen LogP contribution in [0, 0.1) is 5.82 Å². The molecule has 0 radical (unpaired) electrons.